The van der Waals surface area contributed by atoms with Gasteiger partial charge in [-0.2, -0.15) is 4.31 Å². The van der Waals surface area contributed by atoms with Crippen molar-refractivity contribution in [1.29, 1.82) is 0 Å². The summed E-state index contributed by atoms with van der Waals surface area (Å²) in [5.74, 6) is -1.74. The third-order valence-electron chi connectivity index (χ3n) is 5.10. The fourth-order valence-electron chi connectivity index (χ4n) is 3.46. The Bertz CT molecular complexity index is 1020. The molecule has 1 aliphatic heterocycles. The molecular weight excluding hydrogens is 519 g/mol. The number of aliphatic carboxylic acids is 1. The Kier molecular flexibility index (Phi) is 7.14. The Morgan fingerprint density at radius 1 is 1.17 bits per heavy atom. The zero-order valence-corrected chi connectivity index (χ0v) is 19.4. The van der Waals surface area contributed by atoms with Crippen molar-refractivity contribution in [2.75, 3.05) is 6.54 Å². The van der Waals surface area contributed by atoms with E-state index in [-0.39, 0.29) is 17.9 Å². The van der Waals surface area contributed by atoms with Crippen molar-refractivity contribution in [2.24, 2.45) is 0 Å². The predicted molar refractivity (Wildman–Crippen MR) is 121 cm³/mol. The number of aryl methyl sites for hydroxylation is 1. The summed E-state index contributed by atoms with van der Waals surface area (Å²) < 4.78 is 28.3. The summed E-state index contributed by atoms with van der Waals surface area (Å²) in [7, 11) is -3.85. The molecule has 1 aliphatic rings. The third kappa shape index (κ3) is 5.19. The first kappa shape index (κ1) is 22.7. The van der Waals surface area contributed by atoms with E-state index in [9.17, 15) is 23.1 Å². The van der Waals surface area contributed by atoms with Crippen molar-refractivity contribution >= 4 is 44.5 Å². The molecule has 0 unspecified atom stereocenters. The van der Waals surface area contributed by atoms with Crippen LogP contribution in [0.4, 0.5) is 0 Å². The number of hydrogen-bond donors (Lipinski definition) is 2. The first-order chi connectivity index (χ1) is 14.2. The number of hydrogen-bond acceptors (Lipinski definition) is 4. The van der Waals surface area contributed by atoms with Crippen LogP contribution in [0.15, 0.2) is 53.4 Å². The molecule has 30 heavy (non-hydrogen) atoms. The summed E-state index contributed by atoms with van der Waals surface area (Å²) in [5.41, 5.74) is 1.71. The second-order valence-corrected chi connectivity index (χ2v) is 10.5. The van der Waals surface area contributed by atoms with Crippen LogP contribution in [0.5, 0.6) is 0 Å². The van der Waals surface area contributed by atoms with E-state index in [1.165, 1.54) is 16.4 Å². The predicted octanol–water partition coefficient (Wildman–Crippen LogP) is 2.56. The van der Waals surface area contributed by atoms with E-state index in [4.69, 9.17) is 0 Å². The number of halogens is 1. The maximum absolute atomic E-state index is 13.0. The van der Waals surface area contributed by atoms with Gasteiger partial charge in [-0.15, -0.1) is 0 Å². The fraction of sp³-hybridized carbons (Fsp3) is 0.333. The number of carboxylic acids is 1. The molecule has 0 spiro atoms. The largest absolute Gasteiger partial charge is 0.480 e. The van der Waals surface area contributed by atoms with Gasteiger partial charge in [0.05, 0.1) is 4.90 Å². The van der Waals surface area contributed by atoms with Crippen LogP contribution in [-0.2, 0) is 26.0 Å². The number of sulfonamides is 1. The molecule has 1 heterocycles. The highest BCUT2D eigenvalue weighted by Crippen LogP contribution is 2.26. The molecule has 0 saturated carbocycles. The average molecular weight is 542 g/mol. The van der Waals surface area contributed by atoms with Crippen molar-refractivity contribution in [1.82, 2.24) is 9.62 Å². The van der Waals surface area contributed by atoms with Crippen molar-refractivity contribution < 1.29 is 23.1 Å². The van der Waals surface area contributed by atoms with Crippen LogP contribution in [0.2, 0.25) is 0 Å². The van der Waals surface area contributed by atoms with Crippen molar-refractivity contribution in [3.05, 3.63) is 63.2 Å². The van der Waals surface area contributed by atoms with Gasteiger partial charge in [0.15, 0.2) is 0 Å². The topological polar surface area (TPSA) is 104 Å². The van der Waals surface area contributed by atoms with Gasteiger partial charge in [-0.3, -0.25) is 4.79 Å². The molecular formula is C21H23IN2O5S. The lowest BCUT2D eigenvalue weighted by Gasteiger charge is -2.25. The summed E-state index contributed by atoms with van der Waals surface area (Å²) in [5, 5.41) is 12.1. The van der Waals surface area contributed by atoms with E-state index < -0.39 is 34.0 Å². The summed E-state index contributed by atoms with van der Waals surface area (Å²) in [6, 6.07) is 11.8. The molecule has 2 N–H and O–H groups in total. The van der Waals surface area contributed by atoms with Gasteiger partial charge in [0, 0.05) is 16.5 Å². The molecule has 0 bridgehead atoms. The highest BCUT2D eigenvalue weighted by molar-refractivity contribution is 14.1. The first-order valence-electron chi connectivity index (χ1n) is 9.54. The highest BCUT2D eigenvalue weighted by Gasteiger charge is 2.40. The molecule has 2 atom stereocenters. The number of nitrogens with zero attached hydrogens (tertiary/aromatic N) is 1. The Balaban J connectivity index is 1.76. The summed E-state index contributed by atoms with van der Waals surface area (Å²) in [6.45, 7) is 2.09. The molecule has 3 rings (SSSR count). The molecule has 7 nitrogen and oxygen atoms in total. The lowest BCUT2D eigenvalue weighted by Crippen LogP contribution is -2.51. The minimum absolute atomic E-state index is 0.120. The summed E-state index contributed by atoms with van der Waals surface area (Å²) in [6.07, 6.45) is 1.01. The number of carbonyl (C=O) groups excluding carboxylic acids is 1. The van der Waals surface area contributed by atoms with Gasteiger partial charge in [0.25, 0.3) is 0 Å². The molecule has 1 fully saturated rings. The van der Waals surface area contributed by atoms with E-state index in [1.807, 2.05) is 31.2 Å². The molecule has 0 aromatic heterocycles. The Morgan fingerprint density at radius 2 is 1.80 bits per heavy atom. The normalized spacial score (nSPS) is 18.1. The number of benzene rings is 2. The van der Waals surface area contributed by atoms with Gasteiger partial charge in [-0.05, 0) is 72.2 Å². The number of amides is 1. The average Bonchev–Trinajstić information content (AvgIpc) is 3.20. The number of nitrogens with one attached hydrogen (secondary N) is 1. The van der Waals surface area contributed by atoms with Crippen LogP contribution >= 0.6 is 22.6 Å². The number of carbonyl (C=O) groups is 2. The van der Waals surface area contributed by atoms with Crippen LogP contribution in [0.25, 0.3) is 0 Å². The lowest BCUT2D eigenvalue weighted by atomic mass is 10.1. The second-order valence-electron chi connectivity index (χ2n) is 7.32. The van der Waals surface area contributed by atoms with Crippen LogP contribution in [-0.4, -0.2) is 48.3 Å². The van der Waals surface area contributed by atoms with Crippen LogP contribution in [0.3, 0.4) is 0 Å². The molecule has 0 aliphatic carbocycles. The minimum atomic E-state index is -3.85. The standard InChI is InChI=1S/C21H23IN2O5S/c1-14-4-10-17(11-5-14)30(28,29)24-12-2-3-19(24)20(25)23-18(21(26)27)13-15-6-8-16(22)9-7-15/h4-11,18-19H,2-3,12-13H2,1H3,(H,23,25)(H,26,27)/t18-,19-/m0/s1. The number of carboxylic acid groups (broad SMARTS) is 1. The smallest absolute Gasteiger partial charge is 0.326 e. The van der Waals surface area contributed by atoms with Gasteiger partial charge in [-0.25, -0.2) is 13.2 Å². The highest BCUT2D eigenvalue weighted by atomic mass is 127. The third-order valence-corrected chi connectivity index (χ3v) is 7.74. The molecule has 1 amide bonds. The zero-order valence-electron chi connectivity index (χ0n) is 16.4. The molecule has 0 radical (unpaired) electrons. The van der Waals surface area contributed by atoms with Crippen molar-refractivity contribution in [2.45, 2.75) is 43.2 Å². The quantitative estimate of drug-likeness (QED) is 0.524. The van der Waals surface area contributed by atoms with E-state index >= 15 is 0 Å². The maximum Gasteiger partial charge on any atom is 0.326 e. The van der Waals surface area contributed by atoms with Gasteiger partial charge in [0.1, 0.15) is 12.1 Å². The summed E-state index contributed by atoms with van der Waals surface area (Å²) in [4.78, 5) is 24.7. The Labute approximate surface area is 189 Å². The lowest BCUT2D eigenvalue weighted by molar-refractivity contribution is -0.142. The van der Waals surface area contributed by atoms with E-state index in [2.05, 4.69) is 27.9 Å². The summed E-state index contributed by atoms with van der Waals surface area (Å²) >= 11 is 2.16. The molecule has 1 saturated heterocycles. The van der Waals surface area contributed by atoms with Crippen molar-refractivity contribution in [3.8, 4) is 0 Å². The molecule has 2 aromatic rings. The molecule has 9 heteroatoms. The van der Waals surface area contributed by atoms with Crippen molar-refractivity contribution in [3.63, 3.8) is 0 Å². The first-order valence-corrected chi connectivity index (χ1v) is 12.1. The second kappa shape index (κ2) is 9.44. The molecule has 2 aromatic carbocycles. The van der Waals surface area contributed by atoms with Gasteiger partial charge >= 0.3 is 5.97 Å². The Hall–Kier alpha value is -1.98. The van der Waals surface area contributed by atoms with E-state index in [0.29, 0.717) is 12.8 Å². The molecule has 160 valence electrons. The Morgan fingerprint density at radius 3 is 2.40 bits per heavy atom. The monoisotopic (exact) mass is 542 g/mol. The van der Waals surface area contributed by atoms with Crippen LogP contribution < -0.4 is 5.32 Å². The van der Waals surface area contributed by atoms with Crippen LogP contribution in [0.1, 0.15) is 24.0 Å². The van der Waals surface area contributed by atoms with E-state index in [1.54, 1.807) is 12.1 Å². The fourth-order valence-corrected chi connectivity index (χ4v) is 5.48. The maximum atomic E-state index is 13.0. The van der Waals surface area contributed by atoms with E-state index in [0.717, 1.165) is 14.7 Å². The van der Waals surface area contributed by atoms with Gasteiger partial charge in [0.2, 0.25) is 15.9 Å². The SMILES string of the molecule is Cc1ccc(S(=O)(=O)N2CCC[C@H]2C(=O)N[C@@H](Cc2ccc(I)cc2)C(=O)O)cc1. The minimum Gasteiger partial charge on any atom is -0.480 e. The van der Waals surface area contributed by atoms with Gasteiger partial charge < -0.3 is 10.4 Å². The van der Waals surface area contributed by atoms with Gasteiger partial charge in [-0.1, -0.05) is 29.8 Å². The number of rotatable bonds is 7. The zero-order chi connectivity index (χ0) is 21.9. The van der Waals surface area contributed by atoms with Crippen LogP contribution in [0, 0.1) is 10.5 Å².